The first kappa shape index (κ1) is 20.9. The van der Waals surface area contributed by atoms with Crippen molar-refractivity contribution in [2.24, 2.45) is 0 Å². The zero-order valence-corrected chi connectivity index (χ0v) is 17.6. The van der Waals surface area contributed by atoms with Crippen molar-refractivity contribution in [2.45, 2.75) is 24.3 Å². The van der Waals surface area contributed by atoms with Gasteiger partial charge in [-0.2, -0.15) is 4.31 Å². The first-order chi connectivity index (χ1) is 13.3. The van der Waals surface area contributed by atoms with Gasteiger partial charge in [0.2, 0.25) is 10.0 Å². The number of hydrogen-bond acceptors (Lipinski definition) is 4. The average molecular weight is 443 g/mol. The summed E-state index contributed by atoms with van der Waals surface area (Å²) in [6, 6.07) is 9.56. The van der Waals surface area contributed by atoms with Crippen LogP contribution in [0.15, 0.2) is 41.3 Å². The van der Waals surface area contributed by atoms with Gasteiger partial charge in [-0.05, 0) is 42.7 Å². The summed E-state index contributed by atoms with van der Waals surface area (Å²) in [5.41, 5.74) is 0.913. The number of methoxy groups -OCH3 is 1. The molecule has 0 bridgehead atoms. The van der Waals surface area contributed by atoms with Crippen LogP contribution >= 0.6 is 23.2 Å². The van der Waals surface area contributed by atoms with E-state index in [1.807, 2.05) is 0 Å². The molecule has 0 aromatic heterocycles. The molecule has 150 valence electrons. The van der Waals surface area contributed by atoms with Crippen molar-refractivity contribution < 1.29 is 17.9 Å². The zero-order chi connectivity index (χ0) is 20.3. The summed E-state index contributed by atoms with van der Waals surface area (Å²) in [4.78, 5) is 12.8. The maximum atomic E-state index is 12.6. The lowest BCUT2D eigenvalue weighted by Gasteiger charge is -2.16. The maximum Gasteiger partial charge on any atom is 0.256 e. The van der Waals surface area contributed by atoms with Crippen molar-refractivity contribution in [3.05, 3.63) is 57.6 Å². The largest absolute Gasteiger partial charge is 0.494 e. The first-order valence-electron chi connectivity index (χ1n) is 8.74. The third kappa shape index (κ3) is 4.27. The number of benzene rings is 2. The van der Waals surface area contributed by atoms with E-state index in [0.717, 1.165) is 18.4 Å². The number of halogens is 2. The zero-order valence-electron chi connectivity index (χ0n) is 15.2. The maximum absolute atomic E-state index is 12.6. The number of nitrogens with one attached hydrogen (secondary N) is 1. The smallest absolute Gasteiger partial charge is 0.256 e. The molecule has 1 N–H and O–H groups in total. The van der Waals surface area contributed by atoms with Crippen molar-refractivity contribution >= 4 is 39.1 Å². The van der Waals surface area contributed by atoms with Crippen molar-refractivity contribution in [3.63, 3.8) is 0 Å². The van der Waals surface area contributed by atoms with Crippen LogP contribution < -0.4 is 10.1 Å². The van der Waals surface area contributed by atoms with Gasteiger partial charge < -0.3 is 10.1 Å². The molecule has 1 fully saturated rings. The van der Waals surface area contributed by atoms with Gasteiger partial charge in [-0.1, -0.05) is 35.3 Å². The molecule has 6 nitrogen and oxygen atoms in total. The molecule has 9 heteroatoms. The number of rotatable bonds is 6. The van der Waals surface area contributed by atoms with Gasteiger partial charge >= 0.3 is 0 Å². The van der Waals surface area contributed by atoms with Crippen molar-refractivity contribution in [3.8, 4) is 5.75 Å². The quantitative estimate of drug-likeness (QED) is 0.739. The number of ether oxygens (including phenoxy) is 1. The number of hydrogen-bond donors (Lipinski definition) is 1. The Labute approximate surface area is 174 Å². The number of carbonyl (C=O) groups is 1. The van der Waals surface area contributed by atoms with E-state index in [1.165, 1.54) is 17.5 Å². The minimum atomic E-state index is -3.45. The highest BCUT2D eigenvalue weighted by molar-refractivity contribution is 7.89. The summed E-state index contributed by atoms with van der Waals surface area (Å²) in [5, 5.41) is 3.26. The van der Waals surface area contributed by atoms with Crippen LogP contribution in [0.25, 0.3) is 0 Å². The molecule has 1 heterocycles. The summed E-state index contributed by atoms with van der Waals surface area (Å²) in [6.07, 6.45) is 1.78. The molecule has 0 aliphatic carbocycles. The van der Waals surface area contributed by atoms with Gasteiger partial charge in [-0.3, -0.25) is 4.79 Å². The van der Waals surface area contributed by atoms with Crippen LogP contribution in [0.5, 0.6) is 5.75 Å². The first-order valence-corrected chi connectivity index (χ1v) is 10.9. The lowest BCUT2D eigenvalue weighted by Crippen LogP contribution is -2.28. The lowest BCUT2D eigenvalue weighted by molar-refractivity contribution is 0.0948. The summed E-state index contributed by atoms with van der Waals surface area (Å²) < 4.78 is 31.8. The molecule has 3 rings (SSSR count). The lowest BCUT2D eigenvalue weighted by atomic mass is 10.1. The van der Waals surface area contributed by atoms with Crippen LogP contribution in [0.4, 0.5) is 0 Å². The molecule has 1 aliphatic rings. The number of amides is 1. The number of carbonyl (C=O) groups excluding carboxylic acids is 1. The van der Waals surface area contributed by atoms with Crippen LogP contribution in [-0.4, -0.2) is 38.8 Å². The molecule has 0 spiro atoms. The fraction of sp³-hybridized carbons (Fsp3) is 0.316. The highest BCUT2D eigenvalue weighted by Gasteiger charge is 2.27. The fourth-order valence-corrected chi connectivity index (χ4v) is 5.06. The second-order valence-electron chi connectivity index (χ2n) is 6.38. The van der Waals surface area contributed by atoms with Crippen LogP contribution in [0, 0.1) is 0 Å². The van der Waals surface area contributed by atoms with Crippen LogP contribution in [0.2, 0.25) is 10.0 Å². The van der Waals surface area contributed by atoms with E-state index in [-0.39, 0.29) is 32.8 Å². The number of sulfonamides is 1. The summed E-state index contributed by atoms with van der Waals surface area (Å²) in [5.74, 6) is -0.225. The summed E-state index contributed by atoms with van der Waals surface area (Å²) in [7, 11) is -2.04. The molecule has 1 aliphatic heterocycles. The molecule has 0 unspecified atom stereocenters. The van der Waals surface area contributed by atoms with Gasteiger partial charge in [0.1, 0.15) is 5.56 Å². The van der Waals surface area contributed by atoms with E-state index in [2.05, 4.69) is 5.32 Å². The van der Waals surface area contributed by atoms with Crippen molar-refractivity contribution in [1.29, 1.82) is 0 Å². The van der Waals surface area contributed by atoms with Crippen molar-refractivity contribution in [2.75, 3.05) is 20.2 Å². The molecule has 0 saturated carbocycles. The minimum absolute atomic E-state index is 0.157. The van der Waals surface area contributed by atoms with E-state index < -0.39 is 15.9 Å². The van der Waals surface area contributed by atoms with Crippen LogP contribution in [-0.2, 0) is 16.6 Å². The van der Waals surface area contributed by atoms with Crippen molar-refractivity contribution in [1.82, 2.24) is 9.62 Å². The van der Waals surface area contributed by atoms with Gasteiger partial charge in [-0.25, -0.2) is 8.42 Å². The summed E-state index contributed by atoms with van der Waals surface area (Å²) in [6.45, 7) is 1.32. The Hall–Kier alpha value is -1.80. The summed E-state index contributed by atoms with van der Waals surface area (Å²) >= 11 is 12.2. The Kier molecular flexibility index (Phi) is 6.50. The van der Waals surface area contributed by atoms with Gasteiger partial charge in [0.05, 0.1) is 22.1 Å². The second-order valence-corrected chi connectivity index (χ2v) is 9.13. The van der Waals surface area contributed by atoms with Crippen LogP contribution in [0.1, 0.15) is 28.8 Å². The second kappa shape index (κ2) is 8.69. The predicted molar refractivity (Wildman–Crippen MR) is 109 cm³/mol. The average Bonchev–Trinajstić information content (AvgIpc) is 3.23. The Bertz CT molecular complexity index is 972. The van der Waals surface area contributed by atoms with Gasteiger partial charge in [0, 0.05) is 19.6 Å². The molecule has 0 radical (unpaired) electrons. The molecule has 28 heavy (non-hydrogen) atoms. The fourth-order valence-electron chi connectivity index (χ4n) is 3.07. The third-order valence-electron chi connectivity index (χ3n) is 4.57. The van der Waals surface area contributed by atoms with E-state index in [9.17, 15) is 13.2 Å². The van der Waals surface area contributed by atoms with Gasteiger partial charge in [-0.15, -0.1) is 0 Å². The molecule has 2 aromatic rings. The Morgan fingerprint density at radius 2 is 1.68 bits per heavy atom. The predicted octanol–water partition coefficient (Wildman–Crippen LogP) is 3.72. The molecular weight excluding hydrogens is 423 g/mol. The van der Waals surface area contributed by atoms with E-state index in [0.29, 0.717) is 13.1 Å². The minimum Gasteiger partial charge on any atom is -0.494 e. The normalized spacial score (nSPS) is 14.8. The van der Waals surface area contributed by atoms with Gasteiger partial charge in [0.15, 0.2) is 5.75 Å². The number of nitrogens with zero attached hydrogens (tertiary/aromatic N) is 1. The molecule has 1 saturated heterocycles. The topological polar surface area (TPSA) is 75.7 Å². The molecule has 1 amide bonds. The highest BCUT2D eigenvalue weighted by Crippen LogP contribution is 2.33. The Morgan fingerprint density at radius 3 is 2.29 bits per heavy atom. The van der Waals surface area contributed by atoms with Crippen LogP contribution in [0.3, 0.4) is 0 Å². The van der Waals surface area contributed by atoms with E-state index in [1.54, 1.807) is 30.3 Å². The Morgan fingerprint density at radius 1 is 1.07 bits per heavy atom. The SMILES string of the molecule is COc1c(Cl)ccc(Cl)c1C(=O)NCc1ccc(S(=O)(=O)N2CCCC2)cc1. The molecule has 0 atom stereocenters. The molecule has 2 aromatic carbocycles. The Balaban J connectivity index is 1.71. The standard InChI is InChI=1S/C19H20Cl2N2O4S/c1-27-18-16(21)9-8-15(20)17(18)19(24)22-12-13-4-6-14(7-5-13)28(25,26)23-10-2-3-11-23/h4-9H,2-3,10-12H2,1H3,(H,22,24). The van der Waals surface area contributed by atoms with Gasteiger partial charge in [0.25, 0.3) is 5.91 Å². The third-order valence-corrected chi connectivity index (χ3v) is 7.09. The van der Waals surface area contributed by atoms with E-state index in [4.69, 9.17) is 27.9 Å². The highest BCUT2D eigenvalue weighted by atomic mass is 35.5. The monoisotopic (exact) mass is 442 g/mol. The molecular formula is C19H20Cl2N2O4S. The van der Waals surface area contributed by atoms with E-state index >= 15 is 0 Å².